The Hall–Kier alpha value is -1.58. The molecule has 0 unspecified atom stereocenters. The van der Waals surface area contributed by atoms with E-state index in [1.807, 2.05) is 20.8 Å². The molecule has 1 rings (SSSR count). The Bertz CT molecular complexity index is 369. The van der Waals surface area contributed by atoms with Gasteiger partial charge in [0, 0.05) is 12.1 Å². The van der Waals surface area contributed by atoms with Crippen LogP contribution >= 0.6 is 0 Å². The lowest BCUT2D eigenvalue weighted by atomic mass is 10.2. The van der Waals surface area contributed by atoms with E-state index in [9.17, 15) is 0 Å². The highest BCUT2D eigenvalue weighted by molar-refractivity contribution is 5.62. The maximum absolute atomic E-state index is 5.87. The molecule has 4 heteroatoms. The number of anilines is 1. The van der Waals surface area contributed by atoms with Crippen molar-refractivity contribution in [1.29, 1.82) is 0 Å². The quantitative estimate of drug-likeness (QED) is 0.803. The van der Waals surface area contributed by atoms with Gasteiger partial charge < -0.3 is 19.9 Å². The van der Waals surface area contributed by atoms with Gasteiger partial charge in [0.25, 0.3) is 0 Å². The van der Waals surface area contributed by atoms with Crippen molar-refractivity contribution >= 4 is 5.69 Å². The van der Waals surface area contributed by atoms with Crippen LogP contribution in [-0.4, -0.2) is 19.8 Å². The van der Waals surface area contributed by atoms with E-state index in [0.717, 1.165) is 0 Å². The van der Waals surface area contributed by atoms with Gasteiger partial charge in [-0.15, -0.1) is 0 Å². The average Bonchev–Trinajstić information content (AvgIpc) is 2.18. The largest absolute Gasteiger partial charge is 0.493 e. The zero-order valence-electron chi connectivity index (χ0n) is 10.5. The van der Waals surface area contributed by atoms with E-state index in [1.165, 1.54) is 0 Å². The van der Waals surface area contributed by atoms with Gasteiger partial charge in [0.1, 0.15) is 11.4 Å². The predicted molar refractivity (Wildman–Crippen MR) is 64.3 cm³/mol. The van der Waals surface area contributed by atoms with Crippen LogP contribution in [0, 0.1) is 0 Å². The lowest BCUT2D eigenvalue weighted by Gasteiger charge is -2.23. The number of rotatable bonds is 3. The summed E-state index contributed by atoms with van der Waals surface area (Å²) in [5.41, 5.74) is 6.10. The number of nitrogens with two attached hydrogens (primary N) is 1. The number of benzene rings is 1. The minimum absolute atomic E-state index is 0.298. The Labute approximate surface area is 96.3 Å². The van der Waals surface area contributed by atoms with E-state index in [0.29, 0.717) is 22.9 Å². The number of nitrogen functional groups attached to an aromatic ring is 1. The van der Waals surface area contributed by atoms with Crippen molar-refractivity contribution in [2.75, 3.05) is 20.0 Å². The van der Waals surface area contributed by atoms with Crippen LogP contribution in [0.25, 0.3) is 0 Å². The van der Waals surface area contributed by atoms with Gasteiger partial charge in [0.2, 0.25) is 0 Å². The molecule has 0 saturated heterocycles. The molecule has 0 fully saturated rings. The molecule has 0 aliphatic heterocycles. The molecule has 0 heterocycles. The van der Waals surface area contributed by atoms with Crippen LogP contribution in [0.15, 0.2) is 12.1 Å². The normalized spacial score (nSPS) is 11.1. The van der Waals surface area contributed by atoms with Crippen molar-refractivity contribution < 1.29 is 14.2 Å². The van der Waals surface area contributed by atoms with Gasteiger partial charge in [-0.3, -0.25) is 0 Å². The molecule has 0 radical (unpaired) electrons. The zero-order chi connectivity index (χ0) is 12.3. The highest BCUT2D eigenvalue weighted by Gasteiger charge is 2.16. The Morgan fingerprint density at radius 3 is 1.88 bits per heavy atom. The smallest absolute Gasteiger partial charge is 0.164 e. The summed E-state index contributed by atoms with van der Waals surface area (Å²) >= 11 is 0. The van der Waals surface area contributed by atoms with Crippen molar-refractivity contribution in [3.63, 3.8) is 0 Å². The van der Waals surface area contributed by atoms with Gasteiger partial charge >= 0.3 is 0 Å². The summed E-state index contributed by atoms with van der Waals surface area (Å²) in [4.78, 5) is 0. The van der Waals surface area contributed by atoms with Crippen LogP contribution in [0.2, 0.25) is 0 Å². The van der Waals surface area contributed by atoms with Crippen molar-refractivity contribution in [2.24, 2.45) is 0 Å². The molecule has 4 nitrogen and oxygen atoms in total. The van der Waals surface area contributed by atoms with E-state index < -0.39 is 0 Å². The van der Waals surface area contributed by atoms with Gasteiger partial charge in [0.05, 0.1) is 19.9 Å². The van der Waals surface area contributed by atoms with Crippen LogP contribution < -0.4 is 19.9 Å². The maximum atomic E-state index is 5.87. The lowest BCUT2D eigenvalue weighted by molar-refractivity contribution is 0.131. The average molecular weight is 225 g/mol. The van der Waals surface area contributed by atoms with Crippen molar-refractivity contribution in [3.05, 3.63) is 12.1 Å². The predicted octanol–water partition coefficient (Wildman–Crippen LogP) is 2.46. The summed E-state index contributed by atoms with van der Waals surface area (Å²) in [7, 11) is 3.15. The summed E-state index contributed by atoms with van der Waals surface area (Å²) in [6.07, 6.45) is 0. The van der Waals surface area contributed by atoms with Crippen molar-refractivity contribution in [2.45, 2.75) is 26.4 Å². The molecule has 0 bridgehead atoms. The Morgan fingerprint density at radius 1 is 0.938 bits per heavy atom. The van der Waals surface area contributed by atoms with E-state index in [4.69, 9.17) is 19.9 Å². The minimum Gasteiger partial charge on any atom is -0.493 e. The molecule has 0 aliphatic carbocycles. The van der Waals surface area contributed by atoms with Crippen LogP contribution in [0.1, 0.15) is 20.8 Å². The maximum Gasteiger partial charge on any atom is 0.164 e. The molecular weight excluding hydrogens is 206 g/mol. The fraction of sp³-hybridized carbons (Fsp3) is 0.500. The highest BCUT2D eigenvalue weighted by atomic mass is 16.5. The fourth-order valence-electron chi connectivity index (χ4n) is 1.29. The van der Waals surface area contributed by atoms with Gasteiger partial charge in [0.15, 0.2) is 11.5 Å². The third-order valence-corrected chi connectivity index (χ3v) is 1.93. The SMILES string of the molecule is COc1cc(N)c(OC(C)(C)C)cc1OC. The Morgan fingerprint density at radius 2 is 1.44 bits per heavy atom. The molecule has 0 aromatic heterocycles. The number of methoxy groups -OCH3 is 2. The highest BCUT2D eigenvalue weighted by Crippen LogP contribution is 2.37. The topological polar surface area (TPSA) is 53.7 Å². The Balaban J connectivity index is 3.11. The van der Waals surface area contributed by atoms with Gasteiger partial charge in [-0.2, -0.15) is 0 Å². The molecule has 0 spiro atoms. The summed E-state index contributed by atoms with van der Waals surface area (Å²) in [5.74, 6) is 1.81. The van der Waals surface area contributed by atoms with Gasteiger partial charge in [-0.05, 0) is 20.8 Å². The third kappa shape index (κ3) is 2.95. The van der Waals surface area contributed by atoms with Crippen LogP contribution in [0.5, 0.6) is 17.2 Å². The molecule has 0 amide bonds. The zero-order valence-corrected chi connectivity index (χ0v) is 10.5. The molecule has 0 aliphatic rings. The second-order valence-electron chi connectivity index (χ2n) is 4.46. The minimum atomic E-state index is -0.298. The molecule has 0 saturated carbocycles. The first-order valence-corrected chi connectivity index (χ1v) is 5.08. The second kappa shape index (κ2) is 4.51. The second-order valence-corrected chi connectivity index (χ2v) is 4.46. The van der Waals surface area contributed by atoms with Gasteiger partial charge in [-0.1, -0.05) is 0 Å². The first kappa shape index (κ1) is 12.5. The molecule has 1 aromatic carbocycles. The monoisotopic (exact) mass is 225 g/mol. The summed E-state index contributed by atoms with van der Waals surface area (Å²) in [5, 5.41) is 0. The van der Waals surface area contributed by atoms with Crippen LogP contribution in [0.3, 0.4) is 0 Å². The van der Waals surface area contributed by atoms with E-state index in [2.05, 4.69) is 0 Å². The number of ether oxygens (including phenoxy) is 3. The fourth-order valence-corrected chi connectivity index (χ4v) is 1.29. The van der Waals surface area contributed by atoms with E-state index >= 15 is 0 Å². The first-order chi connectivity index (χ1) is 7.37. The number of hydrogen-bond acceptors (Lipinski definition) is 4. The van der Waals surface area contributed by atoms with Crippen LogP contribution in [0.4, 0.5) is 5.69 Å². The molecule has 1 aromatic rings. The van der Waals surface area contributed by atoms with Crippen molar-refractivity contribution in [3.8, 4) is 17.2 Å². The molecule has 0 atom stereocenters. The van der Waals surface area contributed by atoms with E-state index in [-0.39, 0.29) is 5.60 Å². The molecule has 16 heavy (non-hydrogen) atoms. The standard InChI is InChI=1S/C12H19NO3/c1-12(2,3)16-9-7-11(15-5)10(14-4)6-8(9)13/h6-7H,13H2,1-5H3. The van der Waals surface area contributed by atoms with Crippen LogP contribution in [-0.2, 0) is 0 Å². The van der Waals surface area contributed by atoms with Crippen molar-refractivity contribution in [1.82, 2.24) is 0 Å². The molecule has 90 valence electrons. The third-order valence-electron chi connectivity index (χ3n) is 1.93. The first-order valence-electron chi connectivity index (χ1n) is 5.08. The lowest BCUT2D eigenvalue weighted by Crippen LogP contribution is -2.23. The Kier molecular flexibility index (Phi) is 3.52. The molecule has 2 N–H and O–H groups in total. The van der Waals surface area contributed by atoms with E-state index in [1.54, 1.807) is 26.4 Å². The molecular formula is C12H19NO3. The summed E-state index contributed by atoms with van der Waals surface area (Å²) in [6, 6.07) is 3.43. The van der Waals surface area contributed by atoms with Gasteiger partial charge in [-0.25, -0.2) is 0 Å². The number of hydrogen-bond donors (Lipinski definition) is 1. The summed E-state index contributed by atoms with van der Waals surface area (Å²) < 4.78 is 16.0. The summed E-state index contributed by atoms with van der Waals surface area (Å²) in [6.45, 7) is 5.88.